The van der Waals surface area contributed by atoms with Crippen molar-refractivity contribution < 1.29 is 0 Å². The number of halogens is 1. The van der Waals surface area contributed by atoms with Gasteiger partial charge in [0.15, 0.2) is 0 Å². The van der Waals surface area contributed by atoms with E-state index in [4.69, 9.17) is 5.73 Å². The van der Waals surface area contributed by atoms with Crippen molar-refractivity contribution in [1.29, 1.82) is 0 Å². The van der Waals surface area contributed by atoms with Gasteiger partial charge in [-0.3, -0.25) is 4.68 Å². The fraction of sp³-hybridized carbons (Fsp3) is 0.250. The molecule has 84 valence electrons. The molecular weight excluding hydrogens is 266 g/mol. The Balaban J connectivity index is 2.40. The fourth-order valence-corrected chi connectivity index (χ4v) is 2.08. The van der Waals surface area contributed by atoms with Crippen LogP contribution in [0.25, 0.3) is 0 Å². The fourth-order valence-electron chi connectivity index (χ4n) is 1.70. The maximum atomic E-state index is 6.20. The Kier molecular flexibility index (Phi) is 3.12. The molecule has 0 fully saturated rings. The minimum absolute atomic E-state index is 0.168. The monoisotopic (exact) mass is 279 g/mol. The first-order valence-electron chi connectivity index (χ1n) is 5.09. The van der Waals surface area contributed by atoms with E-state index in [1.165, 1.54) is 5.56 Å². The van der Waals surface area contributed by atoms with E-state index in [1.807, 2.05) is 25.4 Å². The van der Waals surface area contributed by atoms with Crippen LogP contribution in [0.5, 0.6) is 0 Å². The molecule has 2 rings (SSSR count). The number of aromatic nitrogens is 2. The molecule has 0 radical (unpaired) electrons. The van der Waals surface area contributed by atoms with E-state index in [0.29, 0.717) is 0 Å². The number of nitrogens with two attached hydrogens (primary N) is 1. The first-order valence-corrected chi connectivity index (χ1v) is 5.88. The minimum atomic E-state index is -0.168. The standard InChI is InChI=1S/C12H14BrN3/c1-8-3-4-9(13)7-10(8)12(14)11-5-6-16(2)15-11/h3-7,12H,14H2,1-2H3. The normalized spacial score (nSPS) is 12.8. The molecule has 3 nitrogen and oxygen atoms in total. The third-order valence-electron chi connectivity index (χ3n) is 2.63. The molecular formula is C12H14BrN3. The lowest BCUT2D eigenvalue weighted by molar-refractivity contribution is 0.714. The van der Waals surface area contributed by atoms with Gasteiger partial charge in [-0.1, -0.05) is 22.0 Å². The molecule has 0 saturated carbocycles. The lowest BCUT2D eigenvalue weighted by Gasteiger charge is -2.12. The van der Waals surface area contributed by atoms with Crippen LogP contribution in [0.15, 0.2) is 34.9 Å². The summed E-state index contributed by atoms with van der Waals surface area (Å²) >= 11 is 3.46. The minimum Gasteiger partial charge on any atom is -0.319 e. The second kappa shape index (κ2) is 4.39. The number of aryl methyl sites for hydroxylation is 2. The highest BCUT2D eigenvalue weighted by molar-refractivity contribution is 9.10. The van der Waals surface area contributed by atoms with Crippen molar-refractivity contribution in [2.24, 2.45) is 12.8 Å². The molecule has 4 heteroatoms. The summed E-state index contributed by atoms with van der Waals surface area (Å²) < 4.78 is 2.81. The van der Waals surface area contributed by atoms with Gasteiger partial charge in [0.25, 0.3) is 0 Å². The summed E-state index contributed by atoms with van der Waals surface area (Å²) in [6.45, 7) is 2.06. The topological polar surface area (TPSA) is 43.8 Å². The van der Waals surface area contributed by atoms with Gasteiger partial charge in [0.2, 0.25) is 0 Å². The maximum absolute atomic E-state index is 6.20. The lowest BCUT2D eigenvalue weighted by atomic mass is 10.00. The molecule has 0 amide bonds. The van der Waals surface area contributed by atoms with E-state index in [-0.39, 0.29) is 6.04 Å². The zero-order valence-electron chi connectivity index (χ0n) is 9.31. The Bertz CT molecular complexity index is 505. The first-order chi connectivity index (χ1) is 7.58. The molecule has 16 heavy (non-hydrogen) atoms. The van der Waals surface area contributed by atoms with E-state index >= 15 is 0 Å². The number of benzene rings is 1. The van der Waals surface area contributed by atoms with Crippen molar-refractivity contribution in [1.82, 2.24) is 9.78 Å². The van der Waals surface area contributed by atoms with Gasteiger partial charge in [-0.25, -0.2) is 0 Å². The van der Waals surface area contributed by atoms with Gasteiger partial charge in [-0.15, -0.1) is 0 Å². The van der Waals surface area contributed by atoms with E-state index in [2.05, 4.69) is 40.1 Å². The predicted octanol–water partition coefficient (Wildman–Crippen LogP) is 2.54. The second-order valence-electron chi connectivity index (χ2n) is 3.89. The highest BCUT2D eigenvalue weighted by Crippen LogP contribution is 2.24. The van der Waals surface area contributed by atoms with E-state index in [9.17, 15) is 0 Å². The van der Waals surface area contributed by atoms with Crippen LogP contribution in [0.2, 0.25) is 0 Å². The maximum Gasteiger partial charge on any atom is 0.0837 e. The molecule has 0 aliphatic carbocycles. The van der Waals surface area contributed by atoms with Crippen LogP contribution < -0.4 is 5.73 Å². The van der Waals surface area contributed by atoms with Gasteiger partial charge in [0.05, 0.1) is 11.7 Å². The van der Waals surface area contributed by atoms with Crippen LogP contribution in [-0.4, -0.2) is 9.78 Å². The Morgan fingerprint density at radius 1 is 1.38 bits per heavy atom. The van der Waals surface area contributed by atoms with Crippen LogP contribution >= 0.6 is 15.9 Å². The molecule has 0 aliphatic heterocycles. The Hall–Kier alpha value is -1.13. The first kappa shape index (κ1) is 11.4. The summed E-state index contributed by atoms with van der Waals surface area (Å²) in [5, 5.41) is 4.33. The molecule has 0 aliphatic rings. The molecule has 1 atom stereocenters. The Morgan fingerprint density at radius 2 is 2.12 bits per heavy atom. The largest absolute Gasteiger partial charge is 0.319 e. The van der Waals surface area contributed by atoms with Gasteiger partial charge in [0, 0.05) is 17.7 Å². The Morgan fingerprint density at radius 3 is 2.75 bits per heavy atom. The van der Waals surface area contributed by atoms with Gasteiger partial charge >= 0.3 is 0 Å². The van der Waals surface area contributed by atoms with Crippen molar-refractivity contribution in [2.75, 3.05) is 0 Å². The molecule has 0 spiro atoms. The highest BCUT2D eigenvalue weighted by Gasteiger charge is 2.14. The summed E-state index contributed by atoms with van der Waals surface area (Å²) in [5.41, 5.74) is 9.38. The number of hydrogen-bond donors (Lipinski definition) is 1. The smallest absolute Gasteiger partial charge is 0.0837 e. The number of nitrogens with zero attached hydrogens (tertiary/aromatic N) is 2. The van der Waals surface area contributed by atoms with Crippen molar-refractivity contribution in [3.8, 4) is 0 Å². The quantitative estimate of drug-likeness (QED) is 0.918. The number of rotatable bonds is 2. The summed E-state index contributed by atoms with van der Waals surface area (Å²) in [6, 6.07) is 7.91. The Labute approximate surface area is 103 Å². The highest BCUT2D eigenvalue weighted by atomic mass is 79.9. The summed E-state index contributed by atoms with van der Waals surface area (Å²) in [7, 11) is 1.89. The van der Waals surface area contributed by atoms with Crippen LogP contribution in [-0.2, 0) is 7.05 Å². The second-order valence-corrected chi connectivity index (χ2v) is 4.81. The van der Waals surface area contributed by atoms with Crippen molar-refractivity contribution in [3.05, 3.63) is 51.8 Å². The molecule has 2 aromatic rings. The third-order valence-corrected chi connectivity index (χ3v) is 3.12. The summed E-state index contributed by atoms with van der Waals surface area (Å²) in [6.07, 6.45) is 1.91. The summed E-state index contributed by atoms with van der Waals surface area (Å²) in [4.78, 5) is 0. The van der Waals surface area contributed by atoms with E-state index in [0.717, 1.165) is 15.7 Å². The van der Waals surface area contributed by atoms with E-state index in [1.54, 1.807) is 4.68 Å². The molecule has 1 aromatic heterocycles. The molecule has 1 heterocycles. The van der Waals surface area contributed by atoms with Crippen LogP contribution in [0, 0.1) is 6.92 Å². The number of hydrogen-bond acceptors (Lipinski definition) is 2. The lowest BCUT2D eigenvalue weighted by Crippen LogP contribution is -2.14. The molecule has 1 unspecified atom stereocenters. The summed E-state index contributed by atoms with van der Waals surface area (Å²) in [5.74, 6) is 0. The van der Waals surface area contributed by atoms with Gasteiger partial charge in [-0.05, 0) is 36.2 Å². The van der Waals surface area contributed by atoms with Gasteiger partial charge in [-0.2, -0.15) is 5.10 Å². The van der Waals surface area contributed by atoms with Crippen LogP contribution in [0.4, 0.5) is 0 Å². The predicted molar refractivity (Wildman–Crippen MR) is 68.1 cm³/mol. The third kappa shape index (κ3) is 2.18. The molecule has 1 aromatic carbocycles. The molecule has 2 N–H and O–H groups in total. The zero-order valence-corrected chi connectivity index (χ0v) is 10.9. The van der Waals surface area contributed by atoms with Crippen LogP contribution in [0.1, 0.15) is 22.9 Å². The van der Waals surface area contributed by atoms with Gasteiger partial charge < -0.3 is 5.73 Å². The average molecular weight is 280 g/mol. The zero-order chi connectivity index (χ0) is 11.7. The van der Waals surface area contributed by atoms with Crippen molar-refractivity contribution in [3.63, 3.8) is 0 Å². The van der Waals surface area contributed by atoms with Crippen molar-refractivity contribution in [2.45, 2.75) is 13.0 Å². The SMILES string of the molecule is Cc1ccc(Br)cc1C(N)c1ccn(C)n1. The van der Waals surface area contributed by atoms with Crippen molar-refractivity contribution >= 4 is 15.9 Å². The van der Waals surface area contributed by atoms with Gasteiger partial charge in [0.1, 0.15) is 0 Å². The average Bonchev–Trinajstić information content (AvgIpc) is 2.67. The van der Waals surface area contributed by atoms with E-state index < -0.39 is 0 Å². The van der Waals surface area contributed by atoms with Crippen LogP contribution in [0.3, 0.4) is 0 Å². The molecule has 0 bridgehead atoms. The molecule has 0 saturated heterocycles.